The van der Waals surface area contributed by atoms with Crippen LogP contribution in [-0.4, -0.2) is 40.8 Å². The van der Waals surface area contributed by atoms with Crippen LogP contribution in [0.4, 0.5) is 0 Å². The Labute approximate surface area is 297 Å². The van der Waals surface area contributed by atoms with E-state index in [0.29, 0.717) is 38.6 Å². The van der Waals surface area contributed by atoms with Crippen molar-refractivity contribution in [1.29, 1.82) is 0 Å². The van der Waals surface area contributed by atoms with Crippen molar-refractivity contribution in [3.05, 3.63) is 36.0 Å². The number of fused-ring (bicyclic) bond motifs is 1. The third-order valence-electron chi connectivity index (χ3n) is 9.98. The summed E-state index contributed by atoms with van der Waals surface area (Å²) in [6.45, 7) is 8.41. The number of carbonyl (C=O) groups is 4. The molecule has 0 bridgehead atoms. The Kier molecular flexibility index (Phi) is 21.8. The van der Waals surface area contributed by atoms with Crippen molar-refractivity contribution in [3.8, 4) is 0 Å². The number of nitrogens with two attached hydrogens (primary N) is 1. The van der Waals surface area contributed by atoms with Crippen molar-refractivity contribution in [3.63, 3.8) is 0 Å². The number of Topliss-reactive ketones (excluding diaryl/α,β-unsaturated/α-hetero) is 3. The number of amides is 1. The molecule has 0 saturated carbocycles. The predicted octanol–water partition coefficient (Wildman–Crippen LogP) is 9.59. The van der Waals surface area contributed by atoms with Crippen molar-refractivity contribution in [2.24, 2.45) is 23.5 Å². The fourth-order valence-corrected chi connectivity index (χ4v) is 6.98. The zero-order valence-corrected chi connectivity index (χ0v) is 31.5. The molecule has 1 heterocycles. The number of nitrogens with one attached hydrogen (secondary N) is 2. The Hall–Kier alpha value is -2.80. The first-order chi connectivity index (χ1) is 23.7. The highest BCUT2D eigenvalue weighted by molar-refractivity contribution is 5.94. The van der Waals surface area contributed by atoms with Crippen LogP contribution in [0.25, 0.3) is 10.9 Å². The SMILES string of the molecule is CCCCCCCCCCCCCCCC(=O)C[C@H](Cc1c[nH]c2ccccc12)C(=O)N[C@@H](CCCCN)C(=O)C[C@@H](CC(C)C)C(C)=O. The van der Waals surface area contributed by atoms with Crippen molar-refractivity contribution >= 4 is 34.2 Å². The van der Waals surface area contributed by atoms with Gasteiger partial charge in [0.15, 0.2) is 5.78 Å². The summed E-state index contributed by atoms with van der Waals surface area (Å²) in [5.41, 5.74) is 7.72. The minimum atomic E-state index is -0.699. The minimum absolute atomic E-state index is 0.00469. The van der Waals surface area contributed by atoms with Gasteiger partial charge in [-0.15, -0.1) is 0 Å². The van der Waals surface area contributed by atoms with Crippen LogP contribution in [-0.2, 0) is 25.6 Å². The van der Waals surface area contributed by atoms with Crippen molar-refractivity contribution < 1.29 is 19.2 Å². The highest BCUT2D eigenvalue weighted by Crippen LogP contribution is 2.25. The smallest absolute Gasteiger partial charge is 0.224 e. The number of carbonyl (C=O) groups excluding carboxylic acids is 4. The molecule has 0 radical (unpaired) electrons. The van der Waals surface area contributed by atoms with E-state index in [0.717, 1.165) is 42.1 Å². The number of aromatic amines is 1. The van der Waals surface area contributed by atoms with E-state index < -0.39 is 12.0 Å². The molecule has 4 N–H and O–H groups in total. The van der Waals surface area contributed by atoms with Gasteiger partial charge in [0.2, 0.25) is 5.91 Å². The largest absolute Gasteiger partial charge is 0.361 e. The maximum Gasteiger partial charge on any atom is 0.224 e. The molecule has 49 heavy (non-hydrogen) atoms. The molecule has 1 aromatic heterocycles. The van der Waals surface area contributed by atoms with Gasteiger partial charge in [-0.3, -0.25) is 19.2 Å². The van der Waals surface area contributed by atoms with E-state index in [2.05, 4.69) is 17.2 Å². The first kappa shape index (κ1) is 42.4. The molecule has 0 aliphatic carbocycles. The molecule has 0 aliphatic heterocycles. The molecule has 0 aliphatic rings. The number of benzene rings is 1. The monoisotopic (exact) mass is 680 g/mol. The van der Waals surface area contributed by atoms with Crippen LogP contribution in [0.1, 0.15) is 162 Å². The zero-order chi connectivity index (χ0) is 35.9. The standard InChI is InChI=1S/C42H69N3O4/c1-5-6-7-8-9-10-11-12-13-14-15-16-17-22-37(47)29-35(28-36-31-44-39-24-19-18-23-38(36)39)42(49)45-40(25-20-21-26-43)41(48)30-34(33(4)46)27-32(2)3/h18-19,23-24,31-32,34-35,40,44H,5-17,20-22,25-30,43H2,1-4H3,(H,45,49)/t34-,35+,40+/m1/s1. The molecule has 7 heteroatoms. The second kappa shape index (κ2) is 25.2. The third kappa shape index (κ3) is 17.6. The van der Waals surface area contributed by atoms with E-state index in [1.807, 2.05) is 44.3 Å². The summed E-state index contributed by atoms with van der Waals surface area (Å²) in [4.78, 5) is 56.5. The molecular weight excluding hydrogens is 610 g/mol. The van der Waals surface area contributed by atoms with Crippen molar-refractivity contribution in [2.75, 3.05) is 6.54 Å². The number of ketones is 3. The number of hydrogen-bond donors (Lipinski definition) is 3. The van der Waals surface area contributed by atoms with E-state index in [1.54, 1.807) is 6.92 Å². The molecule has 0 saturated heterocycles. The lowest BCUT2D eigenvalue weighted by molar-refractivity contribution is -0.133. The van der Waals surface area contributed by atoms with Gasteiger partial charge in [-0.2, -0.15) is 0 Å². The predicted molar refractivity (Wildman–Crippen MR) is 204 cm³/mol. The lowest BCUT2D eigenvalue weighted by Gasteiger charge is -2.24. The fraction of sp³-hybridized carbons (Fsp3) is 0.714. The molecule has 7 nitrogen and oxygen atoms in total. The number of H-pyrrole nitrogens is 1. The first-order valence-electron chi connectivity index (χ1n) is 19.8. The molecule has 0 fully saturated rings. The highest BCUT2D eigenvalue weighted by Gasteiger charge is 2.30. The second-order valence-electron chi connectivity index (χ2n) is 14.9. The van der Waals surface area contributed by atoms with Gasteiger partial charge in [0.05, 0.1) is 6.04 Å². The Balaban J connectivity index is 1.99. The Morgan fingerprint density at radius 3 is 1.98 bits per heavy atom. The van der Waals surface area contributed by atoms with E-state index in [4.69, 9.17) is 5.73 Å². The van der Waals surface area contributed by atoms with E-state index >= 15 is 0 Å². The topological polar surface area (TPSA) is 122 Å². The summed E-state index contributed by atoms with van der Waals surface area (Å²) in [6.07, 6.45) is 21.9. The van der Waals surface area contributed by atoms with Crippen LogP contribution in [0.15, 0.2) is 30.5 Å². The lowest BCUT2D eigenvalue weighted by Crippen LogP contribution is -2.45. The maximum absolute atomic E-state index is 14.0. The molecule has 2 aromatic rings. The number of hydrogen-bond acceptors (Lipinski definition) is 5. The third-order valence-corrected chi connectivity index (χ3v) is 9.98. The van der Waals surface area contributed by atoms with Gasteiger partial charge in [0.1, 0.15) is 11.6 Å². The molecule has 0 unspecified atom stereocenters. The lowest BCUT2D eigenvalue weighted by atomic mass is 9.86. The minimum Gasteiger partial charge on any atom is -0.361 e. The van der Waals surface area contributed by atoms with Crippen molar-refractivity contribution in [2.45, 2.75) is 169 Å². The summed E-state index contributed by atoms with van der Waals surface area (Å²) in [6, 6.07) is 7.28. The van der Waals surface area contributed by atoms with Gasteiger partial charge >= 0.3 is 0 Å². The molecule has 1 amide bonds. The quantitative estimate of drug-likeness (QED) is 0.0710. The summed E-state index contributed by atoms with van der Waals surface area (Å²) >= 11 is 0. The van der Waals surface area contributed by atoms with Gasteiger partial charge in [-0.1, -0.05) is 116 Å². The van der Waals surface area contributed by atoms with Crippen LogP contribution < -0.4 is 11.1 Å². The van der Waals surface area contributed by atoms with Crippen LogP contribution >= 0.6 is 0 Å². The number of para-hydroxylation sites is 1. The van der Waals surface area contributed by atoms with E-state index in [-0.39, 0.29) is 47.9 Å². The second-order valence-corrected chi connectivity index (χ2v) is 14.9. The Morgan fingerprint density at radius 2 is 1.39 bits per heavy atom. The Bertz CT molecular complexity index is 1240. The van der Waals surface area contributed by atoms with Gasteiger partial charge in [-0.25, -0.2) is 0 Å². The average Bonchev–Trinajstić information content (AvgIpc) is 3.48. The van der Waals surface area contributed by atoms with Crippen LogP contribution in [0, 0.1) is 17.8 Å². The maximum atomic E-state index is 14.0. The van der Waals surface area contributed by atoms with Crippen molar-refractivity contribution in [1.82, 2.24) is 10.3 Å². The average molecular weight is 680 g/mol. The summed E-state index contributed by atoms with van der Waals surface area (Å²) in [5.74, 6) is -0.932. The molecule has 2 rings (SSSR count). The summed E-state index contributed by atoms with van der Waals surface area (Å²) < 4.78 is 0. The van der Waals surface area contributed by atoms with Gasteiger partial charge in [0.25, 0.3) is 0 Å². The van der Waals surface area contributed by atoms with Crippen LogP contribution in [0.3, 0.4) is 0 Å². The van der Waals surface area contributed by atoms with Crippen LogP contribution in [0.2, 0.25) is 0 Å². The fourth-order valence-electron chi connectivity index (χ4n) is 6.98. The molecule has 1 aromatic carbocycles. The molecule has 276 valence electrons. The van der Waals surface area contributed by atoms with Gasteiger partial charge in [-0.05, 0) is 69.5 Å². The molecular formula is C42H69N3O4. The number of unbranched alkanes of at least 4 members (excludes halogenated alkanes) is 13. The van der Waals surface area contributed by atoms with Gasteiger partial charge in [0, 0.05) is 48.2 Å². The number of aromatic nitrogens is 1. The molecule has 0 spiro atoms. The normalized spacial score (nSPS) is 13.4. The highest BCUT2D eigenvalue weighted by atomic mass is 16.2. The van der Waals surface area contributed by atoms with Crippen LogP contribution in [0.5, 0.6) is 0 Å². The number of rotatable bonds is 30. The summed E-state index contributed by atoms with van der Waals surface area (Å²) in [7, 11) is 0. The first-order valence-corrected chi connectivity index (χ1v) is 19.8. The van der Waals surface area contributed by atoms with E-state index in [9.17, 15) is 19.2 Å². The van der Waals surface area contributed by atoms with Gasteiger partial charge < -0.3 is 16.0 Å². The Morgan fingerprint density at radius 1 is 0.776 bits per heavy atom. The van der Waals surface area contributed by atoms with E-state index in [1.165, 1.54) is 64.2 Å². The zero-order valence-electron chi connectivity index (χ0n) is 31.5. The molecule has 3 atom stereocenters. The summed E-state index contributed by atoms with van der Waals surface area (Å²) in [5, 5.41) is 4.09.